The van der Waals surface area contributed by atoms with Crippen LogP contribution in [0.5, 0.6) is 17.2 Å². The van der Waals surface area contributed by atoms with Crippen LogP contribution >= 0.6 is 0 Å². The lowest BCUT2D eigenvalue weighted by molar-refractivity contribution is -0.116. The molecular formula is C14H14N2O4. The molecule has 0 unspecified atom stereocenters. The quantitative estimate of drug-likeness (QED) is 0.657. The van der Waals surface area contributed by atoms with E-state index in [1.807, 2.05) is 6.07 Å². The highest BCUT2D eigenvalue weighted by Gasteiger charge is 2.17. The van der Waals surface area contributed by atoms with Crippen molar-refractivity contribution >= 4 is 12.0 Å². The van der Waals surface area contributed by atoms with Gasteiger partial charge in [0, 0.05) is 6.08 Å². The molecule has 0 aromatic heterocycles. The van der Waals surface area contributed by atoms with Crippen molar-refractivity contribution in [2.45, 2.75) is 0 Å². The summed E-state index contributed by atoms with van der Waals surface area (Å²) >= 11 is 0. The van der Waals surface area contributed by atoms with E-state index in [9.17, 15) is 4.79 Å². The topological polar surface area (TPSA) is 80.6 Å². The molecule has 104 valence electrons. The third-order valence-electron chi connectivity index (χ3n) is 2.62. The van der Waals surface area contributed by atoms with Crippen molar-refractivity contribution in [3.8, 4) is 23.3 Å². The molecule has 1 aliphatic rings. The molecular weight excluding hydrogens is 260 g/mol. The number of carbonyl (C=O) groups is 1. The number of fused-ring (bicyclic) bond motifs is 1. The Morgan fingerprint density at radius 2 is 2.30 bits per heavy atom. The molecule has 1 aromatic rings. The van der Waals surface area contributed by atoms with Crippen LogP contribution in [0, 0.1) is 11.3 Å². The summed E-state index contributed by atoms with van der Waals surface area (Å²) < 4.78 is 16.2. The van der Waals surface area contributed by atoms with E-state index in [0.717, 1.165) is 5.56 Å². The van der Waals surface area contributed by atoms with Crippen LogP contribution in [0.25, 0.3) is 6.08 Å². The van der Waals surface area contributed by atoms with Gasteiger partial charge in [-0.25, -0.2) is 0 Å². The molecule has 0 saturated carbocycles. The Bertz CT molecular complexity index is 558. The number of methoxy groups -OCH3 is 1. The van der Waals surface area contributed by atoms with Crippen LogP contribution in [0.2, 0.25) is 0 Å². The number of hydrogen-bond acceptors (Lipinski definition) is 5. The van der Waals surface area contributed by atoms with Crippen molar-refractivity contribution < 1.29 is 19.0 Å². The Hall–Kier alpha value is -2.68. The van der Waals surface area contributed by atoms with Gasteiger partial charge in [-0.05, 0) is 23.8 Å². The normalized spacial score (nSPS) is 12.8. The van der Waals surface area contributed by atoms with E-state index in [1.54, 1.807) is 25.3 Å². The van der Waals surface area contributed by atoms with E-state index in [-0.39, 0.29) is 12.5 Å². The molecule has 0 aliphatic carbocycles. The number of nitrogens with one attached hydrogen (secondary N) is 1. The molecule has 6 nitrogen and oxygen atoms in total. The fraction of sp³-hybridized carbons (Fsp3) is 0.286. The Morgan fingerprint density at radius 3 is 3.05 bits per heavy atom. The first-order valence-electron chi connectivity index (χ1n) is 6.05. The molecule has 20 heavy (non-hydrogen) atoms. The summed E-state index contributed by atoms with van der Waals surface area (Å²) in [5, 5.41) is 10.8. The molecule has 0 fully saturated rings. The van der Waals surface area contributed by atoms with E-state index in [4.69, 9.17) is 19.5 Å². The number of carbonyl (C=O) groups excluding carboxylic acids is 1. The van der Waals surface area contributed by atoms with Gasteiger partial charge in [0.2, 0.25) is 11.7 Å². The minimum absolute atomic E-state index is 0.0202. The molecule has 1 N–H and O–H groups in total. The standard InChI is InChI=1S/C14H14N2O4/c1-18-11-8-10(2-3-13(17)16-5-4-15)9-12-14(11)20-7-6-19-12/h2-3,8-9H,5-7H2,1H3,(H,16,17)/b3-2+. The van der Waals surface area contributed by atoms with E-state index in [1.165, 1.54) is 6.08 Å². The van der Waals surface area contributed by atoms with Crippen molar-refractivity contribution in [2.24, 2.45) is 0 Å². The average molecular weight is 274 g/mol. The summed E-state index contributed by atoms with van der Waals surface area (Å²) in [6, 6.07) is 5.35. The van der Waals surface area contributed by atoms with Gasteiger partial charge in [0.15, 0.2) is 11.5 Å². The molecule has 6 heteroatoms. The van der Waals surface area contributed by atoms with Crippen LogP contribution < -0.4 is 19.5 Å². The fourth-order valence-electron chi connectivity index (χ4n) is 1.75. The Morgan fingerprint density at radius 1 is 1.50 bits per heavy atom. The predicted molar refractivity (Wildman–Crippen MR) is 71.6 cm³/mol. The third-order valence-corrected chi connectivity index (χ3v) is 2.62. The molecule has 0 saturated heterocycles. The molecule has 0 atom stereocenters. The summed E-state index contributed by atoms with van der Waals surface area (Å²) in [5.41, 5.74) is 0.748. The van der Waals surface area contributed by atoms with Gasteiger partial charge in [-0.3, -0.25) is 4.79 Å². The molecule has 0 spiro atoms. The Kier molecular flexibility index (Phi) is 4.45. The highest BCUT2D eigenvalue weighted by Crippen LogP contribution is 2.40. The van der Waals surface area contributed by atoms with Gasteiger partial charge in [0.05, 0.1) is 13.2 Å². The van der Waals surface area contributed by atoms with E-state index in [2.05, 4.69) is 5.32 Å². The highest BCUT2D eigenvalue weighted by atomic mass is 16.6. The predicted octanol–water partition coefficient (Wildman–Crippen LogP) is 1.12. The maximum absolute atomic E-state index is 11.4. The number of benzene rings is 1. The molecule has 2 rings (SSSR count). The number of rotatable bonds is 4. The molecule has 0 radical (unpaired) electrons. The Labute approximate surface area is 116 Å². The fourth-order valence-corrected chi connectivity index (χ4v) is 1.75. The van der Waals surface area contributed by atoms with Crippen LogP contribution in [0.15, 0.2) is 18.2 Å². The van der Waals surface area contributed by atoms with Crippen molar-refractivity contribution in [1.29, 1.82) is 5.26 Å². The average Bonchev–Trinajstić information content (AvgIpc) is 2.49. The van der Waals surface area contributed by atoms with Crippen molar-refractivity contribution in [3.63, 3.8) is 0 Å². The maximum atomic E-state index is 11.4. The van der Waals surface area contributed by atoms with Gasteiger partial charge in [0.1, 0.15) is 19.8 Å². The summed E-state index contributed by atoms with van der Waals surface area (Å²) in [6.45, 7) is 0.939. The van der Waals surface area contributed by atoms with Gasteiger partial charge in [-0.15, -0.1) is 0 Å². The number of ether oxygens (including phenoxy) is 3. The number of amides is 1. The third kappa shape index (κ3) is 3.20. The summed E-state index contributed by atoms with van der Waals surface area (Å²) in [6.07, 6.45) is 2.97. The lowest BCUT2D eigenvalue weighted by Crippen LogP contribution is -2.20. The number of hydrogen-bond donors (Lipinski definition) is 1. The lowest BCUT2D eigenvalue weighted by Gasteiger charge is -2.20. The van der Waals surface area contributed by atoms with E-state index >= 15 is 0 Å². The number of nitriles is 1. The van der Waals surface area contributed by atoms with Crippen molar-refractivity contribution in [2.75, 3.05) is 26.9 Å². The molecule has 0 bridgehead atoms. The Balaban J connectivity index is 2.18. The second-order valence-electron chi connectivity index (χ2n) is 3.96. The zero-order chi connectivity index (χ0) is 14.4. The van der Waals surface area contributed by atoms with E-state index in [0.29, 0.717) is 30.5 Å². The van der Waals surface area contributed by atoms with Gasteiger partial charge in [-0.1, -0.05) is 0 Å². The zero-order valence-corrected chi connectivity index (χ0v) is 11.0. The molecule has 1 heterocycles. The largest absolute Gasteiger partial charge is 0.493 e. The van der Waals surface area contributed by atoms with Crippen LogP contribution in [0.4, 0.5) is 0 Å². The van der Waals surface area contributed by atoms with E-state index < -0.39 is 0 Å². The first kappa shape index (κ1) is 13.7. The summed E-state index contributed by atoms with van der Waals surface area (Å²) in [5.74, 6) is 1.39. The van der Waals surface area contributed by atoms with Crippen LogP contribution in [-0.2, 0) is 4.79 Å². The highest BCUT2D eigenvalue weighted by molar-refractivity contribution is 5.92. The van der Waals surface area contributed by atoms with Crippen molar-refractivity contribution in [1.82, 2.24) is 5.32 Å². The molecule has 1 aliphatic heterocycles. The van der Waals surface area contributed by atoms with Gasteiger partial charge in [-0.2, -0.15) is 5.26 Å². The van der Waals surface area contributed by atoms with Crippen LogP contribution in [-0.4, -0.2) is 32.8 Å². The SMILES string of the molecule is COc1cc(/C=C/C(=O)NCC#N)cc2c1OCCO2. The molecule has 1 amide bonds. The molecule has 1 aromatic carbocycles. The first-order chi connectivity index (χ1) is 9.74. The minimum atomic E-state index is -0.333. The number of nitrogens with zero attached hydrogens (tertiary/aromatic N) is 1. The first-order valence-corrected chi connectivity index (χ1v) is 6.05. The second kappa shape index (κ2) is 6.48. The monoisotopic (exact) mass is 274 g/mol. The summed E-state index contributed by atoms with van der Waals surface area (Å²) in [7, 11) is 1.54. The minimum Gasteiger partial charge on any atom is -0.493 e. The maximum Gasteiger partial charge on any atom is 0.244 e. The van der Waals surface area contributed by atoms with Gasteiger partial charge >= 0.3 is 0 Å². The lowest BCUT2D eigenvalue weighted by atomic mass is 10.1. The van der Waals surface area contributed by atoms with Crippen LogP contribution in [0.1, 0.15) is 5.56 Å². The van der Waals surface area contributed by atoms with Crippen LogP contribution in [0.3, 0.4) is 0 Å². The van der Waals surface area contributed by atoms with Gasteiger partial charge < -0.3 is 19.5 Å². The van der Waals surface area contributed by atoms with Crippen molar-refractivity contribution in [3.05, 3.63) is 23.8 Å². The second-order valence-corrected chi connectivity index (χ2v) is 3.96. The summed E-state index contributed by atoms with van der Waals surface area (Å²) in [4.78, 5) is 11.4. The zero-order valence-electron chi connectivity index (χ0n) is 11.0. The smallest absolute Gasteiger partial charge is 0.244 e. The van der Waals surface area contributed by atoms with Gasteiger partial charge in [0.25, 0.3) is 0 Å².